The Morgan fingerprint density at radius 3 is 2.58 bits per heavy atom. The quantitative estimate of drug-likeness (QED) is 0.910. The summed E-state index contributed by atoms with van der Waals surface area (Å²) >= 11 is 0. The van der Waals surface area contributed by atoms with Crippen molar-refractivity contribution in [3.05, 3.63) is 42.1 Å². The number of benzene rings is 1. The Bertz CT molecular complexity index is 767. The fourth-order valence-electron chi connectivity index (χ4n) is 3.23. The van der Waals surface area contributed by atoms with Crippen LogP contribution in [-0.4, -0.2) is 34.5 Å². The van der Waals surface area contributed by atoms with Crippen LogP contribution in [0.5, 0.6) is 0 Å². The third kappa shape index (κ3) is 4.59. The maximum atomic E-state index is 12.7. The Morgan fingerprint density at radius 1 is 1.19 bits per heavy atom. The first-order valence-electron chi connectivity index (χ1n) is 9.34. The van der Waals surface area contributed by atoms with Gasteiger partial charge < -0.3 is 10.2 Å². The van der Waals surface area contributed by atoms with Gasteiger partial charge >= 0.3 is 0 Å². The van der Waals surface area contributed by atoms with Gasteiger partial charge in [0.1, 0.15) is 11.5 Å². The van der Waals surface area contributed by atoms with E-state index in [1.165, 1.54) is 6.42 Å². The molecule has 1 N–H and O–H groups in total. The maximum absolute atomic E-state index is 12.7. The largest absolute Gasteiger partial charge is 0.356 e. The second-order valence-electron chi connectivity index (χ2n) is 8.20. The number of nitrogens with one attached hydrogen (secondary N) is 1. The lowest BCUT2D eigenvalue weighted by atomic mass is 10.0. The van der Waals surface area contributed by atoms with Crippen LogP contribution in [0.25, 0.3) is 11.4 Å². The molecule has 1 fully saturated rings. The highest BCUT2D eigenvalue weighted by molar-refractivity contribution is 5.94. The Labute approximate surface area is 155 Å². The molecule has 0 radical (unpaired) electrons. The lowest BCUT2D eigenvalue weighted by Crippen LogP contribution is -2.41. The molecule has 0 spiro atoms. The van der Waals surface area contributed by atoms with Crippen molar-refractivity contribution >= 4 is 11.7 Å². The predicted octanol–water partition coefficient (Wildman–Crippen LogP) is 3.91. The fourth-order valence-corrected chi connectivity index (χ4v) is 3.23. The minimum atomic E-state index is -0.311. The highest BCUT2D eigenvalue weighted by Crippen LogP contribution is 2.25. The van der Waals surface area contributed by atoms with Crippen molar-refractivity contribution in [2.45, 2.75) is 46.1 Å². The van der Waals surface area contributed by atoms with Crippen LogP contribution in [0, 0.1) is 5.92 Å². The van der Waals surface area contributed by atoms with Crippen LogP contribution in [0.4, 0.5) is 5.82 Å². The summed E-state index contributed by atoms with van der Waals surface area (Å²) in [7, 11) is 0. The van der Waals surface area contributed by atoms with Gasteiger partial charge in [-0.15, -0.1) is 0 Å². The van der Waals surface area contributed by atoms with Gasteiger partial charge in [0.15, 0.2) is 5.82 Å². The van der Waals surface area contributed by atoms with Crippen LogP contribution in [0.2, 0.25) is 0 Å². The molecule has 3 rings (SSSR count). The van der Waals surface area contributed by atoms with Gasteiger partial charge in [-0.25, -0.2) is 9.97 Å². The van der Waals surface area contributed by atoms with Gasteiger partial charge in [0, 0.05) is 30.3 Å². The number of carbonyl (C=O) groups excluding carboxylic acids is 1. The number of piperidine rings is 1. The highest BCUT2D eigenvalue weighted by Gasteiger charge is 2.22. The summed E-state index contributed by atoms with van der Waals surface area (Å²) in [5.41, 5.74) is 1.03. The molecule has 1 aliphatic heterocycles. The summed E-state index contributed by atoms with van der Waals surface area (Å²) in [6, 6.07) is 11.7. The zero-order valence-electron chi connectivity index (χ0n) is 16.1. The molecule has 0 aliphatic carbocycles. The molecule has 1 atom stereocenters. The third-order valence-electron chi connectivity index (χ3n) is 4.45. The first kappa shape index (κ1) is 18.4. The van der Waals surface area contributed by atoms with Crippen LogP contribution < -0.4 is 10.2 Å². The lowest BCUT2D eigenvalue weighted by molar-refractivity contribution is 0.0914. The summed E-state index contributed by atoms with van der Waals surface area (Å²) in [5.74, 6) is 1.90. The zero-order chi connectivity index (χ0) is 18.7. The van der Waals surface area contributed by atoms with Crippen LogP contribution in [0.1, 0.15) is 51.0 Å². The summed E-state index contributed by atoms with van der Waals surface area (Å²) in [6.07, 6.45) is 2.39. The Balaban J connectivity index is 2.00. The number of amides is 1. The molecular weight excluding hydrogens is 324 g/mol. The molecule has 2 heterocycles. The standard InChI is InChI=1S/C21H28N4O/c1-15-9-8-12-25(14-15)18-13-17(20(26)24-21(2,3)4)22-19(23-18)16-10-6-5-7-11-16/h5-7,10-11,13,15H,8-9,12,14H2,1-4H3,(H,24,26). The summed E-state index contributed by atoms with van der Waals surface area (Å²) < 4.78 is 0. The molecule has 0 bridgehead atoms. The number of rotatable bonds is 3. The maximum Gasteiger partial charge on any atom is 0.270 e. The molecule has 1 amide bonds. The molecule has 1 aromatic heterocycles. The monoisotopic (exact) mass is 352 g/mol. The van der Waals surface area contributed by atoms with Crippen molar-refractivity contribution in [2.24, 2.45) is 5.92 Å². The van der Waals surface area contributed by atoms with Crippen LogP contribution >= 0.6 is 0 Å². The lowest BCUT2D eigenvalue weighted by Gasteiger charge is -2.32. The first-order valence-corrected chi connectivity index (χ1v) is 9.34. The second kappa shape index (κ2) is 7.44. The molecule has 5 heteroatoms. The summed E-state index contributed by atoms with van der Waals surface area (Å²) in [6.45, 7) is 10.1. The number of hydrogen-bond donors (Lipinski definition) is 1. The Kier molecular flexibility index (Phi) is 5.25. The molecule has 5 nitrogen and oxygen atoms in total. The third-order valence-corrected chi connectivity index (χ3v) is 4.45. The molecule has 0 saturated carbocycles. The SMILES string of the molecule is CC1CCCN(c2cc(C(=O)NC(C)(C)C)nc(-c3ccccc3)n2)C1. The minimum absolute atomic E-state index is 0.164. The van der Waals surface area contributed by atoms with Crippen LogP contribution in [0.15, 0.2) is 36.4 Å². The fraction of sp³-hybridized carbons (Fsp3) is 0.476. The number of nitrogens with zero attached hydrogens (tertiary/aromatic N) is 3. The number of hydrogen-bond acceptors (Lipinski definition) is 4. The molecule has 138 valence electrons. The molecule has 1 unspecified atom stereocenters. The minimum Gasteiger partial charge on any atom is -0.356 e. The van der Waals surface area contributed by atoms with Gasteiger partial charge in [0.2, 0.25) is 0 Å². The summed E-state index contributed by atoms with van der Waals surface area (Å²) in [5, 5.41) is 3.01. The van der Waals surface area contributed by atoms with Crippen LogP contribution in [-0.2, 0) is 0 Å². The first-order chi connectivity index (χ1) is 12.3. The van der Waals surface area contributed by atoms with Gasteiger partial charge in [0.05, 0.1) is 0 Å². The van der Waals surface area contributed by atoms with Crippen LogP contribution in [0.3, 0.4) is 0 Å². The van der Waals surface area contributed by atoms with Crippen molar-refractivity contribution in [3.8, 4) is 11.4 Å². The van der Waals surface area contributed by atoms with Crippen molar-refractivity contribution in [1.29, 1.82) is 0 Å². The molecule has 2 aromatic rings. The van der Waals surface area contributed by atoms with Crippen molar-refractivity contribution in [1.82, 2.24) is 15.3 Å². The average molecular weight is 352 g/mol. The smallest absolute Gasteiger partial charge is 0.270 e. The van der Waals surface area contributed by atoms with Crippen molar-refractivity contribution < 1.29 is 4.79 Å². The van der Waals surface area contributed by atoms with E-state index in [1.807, 2.05) is 57.2 Å². The second-order valence-corrected chi connectivity index (χ2v) is 8.20. The molecule has 1 aliphatic rings. The van der Waals surface area contributed by atoms with Gasteiger partial charge in [-0.2, -0.15) is 0 Å². The van der Waals surface area contributed by atoms with E-state index < -0.39 is 0 Å². The van der Waals surface area contributed by atoms with E-state index in [0.29, 0.717) is 17.4 Å². The van der Waals surface area contributed by atoms with Gasteiger partial charge in [-0.3, -0.25) is 4.79 Å². The predicted molar refractivity (Wildman–Crippen MR) is 105 cm³/mol. The Morgan fingerprint density at radius 2 is 1.92 bits per heavy atom. The van der Waals surface area contributed by atoms with Crippen molar-refractivity contribution in [3.63, 3.8) is 0 Å². The average Bonchev–Trinajstić information content (AvgIpc) is 2.61. The normalized spacial score (nSPS) is 17.8. The summed E-state index contributed by atoms with van der Waals surface area (Å²) in [4.78, 5) is 24.3. The molecule has 26 heavy (non-hydrogen) atoms. The van der Waals surface area contributed by atoms with Gasteiger partial charge in [0.25, 0.3) is 5.91 Å². The van der Waals surface area contributed by atoms with E-state index in [-0.39, 0.29) is 11.4 Å². The topological polar surface area (TPSA) is 58.1 Å². The van der Waals surface area contributed by atoms with Gasteiger partial charge in [-0.1, -0.05) is 37.3 Å². The van der Waals surface area contributed by atoms with E-state index in [1.54, 1.807) is 0 Å². The highest BCUT2D eigenvalue weighted by atomic mass is 16.2. The number of aromatic nitrogens is 2. The van der Waals surface area contributed by atoms with E-state index in [2.05, 4.69) is 22.1 Å². The van der Waals surface area contributed by atoms with Gasteiger partial charge in [-0.05, 0) is 39.5 Å². The molecule has 1 saturated heterocycles. The van der Waals surface area contributed by atoms with E-state index in [4.69, 9.17) is 4.98 Å². The molecule has 1 aromatic carbocycles. The van der Waals surface area contributed by atoms with E-state index in [9.17, 15) is 4.79 Å². The zero-order valence-corrected chi connectivity index (χ0v) is 16.1. The van der Waals surface area contributed by atoms with E-state index >= 15 is 0 Å². The van der Waals surface area contributed by atoms with E-state index in [0.717, 1.165) is 30.9 Å². The Hall–Kier alpha value is -2.43. The number of anilines is 1. The number of carbonyl (C=O) groups is 1. The molecular formula is C21H28N4O. The van der Waals surface area contributed by atoms with Crippen molar-refractivity contribution in [2.75, 3.05) is 18.0 Å².